The Morgan fingerprint density at radius 2 is 0.603 bits per heavy atom. The van der Waals surface area contributed by atoms with Crippen LogP contribution in [0.5, 0.6) is 0 Å². The molecule has 0 heterocycles. The first kappa shape index (κ1) is 51.9. The van der Waals surface area contributed by atoms with Crippen LogP contribution in [0.25, 0.3) is 0 Å². The van der Waals surface area contributed by atoms with Gasteiger partial charge in [-0.05, 0) is 108 Å². The minimum atomic E-state index is -5.77. The molecule has 0 aliphatic heterocycles. The first-order valence-electron chi connectivity index (χ1n) is 20.8. The van der Waals surface area contributed by atoms with Crippen molar-refractivity contribution in [3.8, 4) is 0 Å². The Bertz CT molecular complexity index is 2430. The van der Waals surface area contributed by atoms with Crippen LogP contribution in [-0.2, 0) is 10.8 Å². The smallest absolute Gasteiger partial charge is 0.397 e. The summed E-state index contributed by atoms with van der Waals surface area (Å²) < 4.78 is 173. The Hall–Kier alpha value is -7.12. The Morgan fingerprint density at radius 3 is 0.824 bits per heavy atom. The maximum atomic E-state index is 14.6. The number of para-hydroxylation sites is 2. The lowest BCUT2D eigenvalue weighted by Gasteiger charge is -2.38. The second-order valence-corrected chi connectivity index (χ2v) is 15.5. The summed E-state index contributed by atoms with van der Waals surface area (Å²) in [6, 6.07) is 27.5. The maximum absolute atomic E-state index is 14.6. The van der Waals surface area contributed by atoms with E-state index >= 15 is 0 Å². The summed E-state index contributed by atoms with van der Waals surface area (Å²) in [6.07, 6.45) is -21.6. The molecule has 8 nitrogen and oxygen atoms in total. The van der Waals surface area contributed by atoms with Crippen LogP contribution in [0.1, 0.15) is 48.9 Å². The van der Waals surface area contributed by atoms with Gasteiger partial charge in [-0.25, -0.2) is 0 Å². The van der Waals surface area contributed by atoms with Gasteiger partial charge >= 0.3 is 24.7 Å². The largest absolute Gasteiger partial charge is 0.411 e. The molecule has 0 unspecified atom stereocenters. The lowest BCUT2D eigenvalue weighted by molar-refractivity contribution is -0.290. The average molecular weight is 965 g/mol. The molecule has 20 heteroatoms. The van der Waals surface area contributed by atoms with E-state index in [4.69, 9.17) is 22.9 Å². The van der Waals surface area contributed by atoms with Crippen molar-refractivity contribution in [1.82, 2.24) is 0 Å². The monoisotopic (exact) mass is 964 g/mol. The van der Waals surface area contributed by atoms with E-state index in [1.807, 2.05) is 13.8 Å². The Morgan fingerprint density at radius 1 is 0.353 bits per heavy atom. The van der Waals surface area contributed by atoms with Gasteiger partial charge in [0.1, 0.15) is 0 Å². The van der Waals surface area contributed by atoms with Gasteiger partial charge in [0.05, 0.1) is 45.5 Å². The van der Waals surface area contributed by atoms with Crippen LogP contribution in [-0.4, -0.2) is 37.8 Å². The van der Waals surface area contributed by atoms with Crippen LogP contribution in [0.2, 0.25) is 0 Å². The molecule has 364 valence electrons. The van der Waals surface area contributed by atoms with Crippen molar-refractivity contribution in [3.63, 3.8) is 0 Å². The predicted octanol–water partition coefficient (Wildman–Crippen LogP) is 13.7. The SMILES string of the molecule is CCCNc1ccc(C(c2ccc(NCCC)c(N)c2)(C(F)(F)F)C(F)(F)F)cc1N.Nc1cc(C(c2ccc(Nc3ccccc3)c(N)c2)(C(F)(F)F)C(F)(F)F)ccc1Nc1ccccc1. The molecule has 6 aromatic carbocycles. The van der Waals surface area contributed by atoms with Crippen molar-refractivity contribution < 1.29 is 52.7 Å². The van der Waals surface area contributed by atoms with Gasteiger partial charge in [-0.3, -0.25) is 0 Å². The molecule has 0 saturated carbocycles. The summed E-state index contributed by atoms with van der Waals surface area (Å²) in [5.41, 5.74) is 11.6. The van der Waals surface area contributed by atoms with Crippen molar-refractivity contribution in [1.29, 1.82) is 0 Å². The van der Waals surface area contributed by atoms with Gasteiger partial charge in [0, 0.05) is 24.5 Å². The fourth-order valence-corrected chi connectivity index (χ4v) is 7.57. The highest BCUT2D eigenvalue weighted by atomic mass is 19.4. The van der Waals surface area contributed by atoms with Crippen molar-refractivity contribution in [3.05, 3.63) is 156 Å². The summed E-state index contributed by atoms with van der Waals surface area (Å²) in [7, 11) is 0. The maximum Gasteiger partial charge on any atom is 0.411 e. The van der Waals surface area contributed by atoms with Crippen LogP contribution in [0.15, 0.2) is 133 Å². The molecular weight excluding hydrogens is 917 g/mol. The molecule has 6 aromatic rings. The third kappa shape index (κ3) is 10.5. The molecule has 0 radical (unpaired) electrons. The molecule has 0 atom stereocenters. The predicted molar refractivity (Wildman–Crippen MR) is 246 cm³/mol. The van der Waals surface area contributed by atoms with E-state index < -0.39 is 57.8 Å². The third-order valence-electron chi connectivity index (χ3n) is 10.9. The molecule has 0 bridgehead atoms. The lowest BCUT2D eigenvalue weighted by Crippen LogP contribution is -2.54. The third-order valence-corrected chi connectivity index (χ3v) is 10.9. The molecule has 68 heavy (non-hydrogen) atoms. The van der Waals surface area contributed by atoms with E-state index in [0.29, 0.717) is 49.4 Å². The zero-order chi connectivity index (χ0) is 50.3. The first-order chi connectivity index (χ1) is 31.8. The number of hydrogen-bond acceptors (Lipinski definition) is 8. The lowest BCUT2D eigenvalue weighted by atomic mass is 9.72. The highest BCUT2D eigenvalue weighted by molar-refractivity contribution is 5.77. The minimum absolute atomic E-state index is 0.162. The van der Waals surface area contributed by atoms with Crippen LogP contribution in [0.3, 0.4) is 0 Å². The number of nitrogen functional groups attached to an aromatic ring is 4. The van der Waals surface area contributed by atoms with Crippen molar-refractivity contribution in [2.45, 2.75) is 62.2 Å². The number of benzene rings is 6. The molecule has 0 aromatic heterocycles. The molecule has 6 rings (SSSR count). The summed E-state index contributed by atoms with van der Waals surface area (Å²) in [5, 5.41) is 11.5. The zero-order valence-corrected chi connectivity index (χ0v) is 36.4. The second kappa shape index (κ2) is 20.4. The van der Waals surface area contributed by atoms with Gasteiger partial charge in [-0.2, -0.15) is 52.7 Å². The van der Waals surface area contributed by atoms with E-state index in [-0.39, 0.29) is 45.5 Å². The van der Waals surface area contributed by atoms with Crippen LogP contribution in [0, 0.1) is 0 Å². The second-order valence-electron chi connectivity index (χ2n) is 15.5. The quantitative estimate of drug-likeness (QED) is 0.0397. The normalized spacial score (nSPS) is 12.4. The van der Waals surface area contributed by atoms with Gasteiger partial charge in [0.15, 0.2) is 0 Å². The fraction of sp³-hybridized carbons (Fsp3) is 0.250. The molecular formula is C48H48F12N8. The summed E-state index contributed by atoms with van der Waals surface area (Å²) >= 11 is 0. The van der Waals surface area contributed by atoms with E-state index in [1.165, 1.54) is 0 Å². The number of nitrogens with two attached hydrogens (primary N) is 4. The topological polar surface area (TPSA) is 152 Å². The molecule has 0 saturated heterocycles. The average Bonchev–Trinajstić information content (AvgIpc) is 3.24. The molecule has 0 aliphatic rings. The molecule has 0 spiro atoms. The van der Waals surface area contributed by atoms with Crippen molar-refractivity contribution in [2.75, 3.05) is 57.3 Å². The molecule has 0 fully saturated rings. The summed E-state index contributed by atoms with van der Waals surface area (Å²) in [6.45, 7) is 4.66. The highest BCUT2D eigenvalue weighted by Crippen LogP contribution is 2.59. The van der Waals surface area contributed by atoms with Gasteiger partial charge in [-0.15, -0.1) is 0 Å². The summed E-state index contributed by atoms with van der Waals surface area (Å²) in [4.78, 5) is 0. The standard InChI is InChI=1S/C27H22F6N4.C21H26F6N4/c28-26(29,30)25(27(31,32)33,17-11-13-23(21(34)15-17)36-19-7-3-1-4-8-19)18-12-14-24(22(35)16-18)37-20-9-5-2-6-10-20;1-3-9-30-17-7-5-13(11-15(17)28)19(20(22,23)24,21(25,26)27)14-6-8-18(16(29)12-14)31-10-4-2/h1-16,36-37H,34-35H2;5-8,11-12,30-31H,3-4,9-10,28-29H2,1-2H3. The van der Waals surface area contributed by atoms with Crippen LogP contribution >= 0.6 is 0 Å². The van der Waals surface area contributed by atoms with Gasteiger partial charge in [-0.1, -0.05) is 74.5 Å². The molecule has 0 aliphatic carbocycles. The van der Waals surface area contributed by atoms with Crippen molar-refractivity contribution in [2.24, 2.45) is 0 Å². The number of anilines is 10. The van der Waals surface area contributed by atoms with Crippen LogP contribution < -0.4 is 44.2 Å². The van der Waals surface area contributed by atoms with Crippen LogP contribution in [0.4, 0.5) is 110 Å². The summed E-state index contributed by atoms with van der Waals surface area (Å²) in [5.74, 6) is 0. The Kier molecular flexibility index (Phi) is 15.6. The Balaban J connectivity index is 0.000000259. The first-order valence-corrected chi connectivity index (χ1v) is 20.8. The van der Waals surface area contributed by atoms with Gasteiger partial charge in [0.2, 0.25) is 10.8 Å². The van der Waals surface area contributed by atoms with E-state index in [0.717, 1.165) is 60.7 Å². The molecule has 12 N–H and O–H groups in total. The number of rotatable bonds is 14. The van der Waals surface area contributed by atoms with E-state index in [2.05, 4.69) is 21.3 Å². The minimum Gasteiger partial charge on any atom is -0.397 e. The van der Waals surface area contributed by atoms with Crippen molar-refractivity contribution >= 4 is 56.9 Å². The Labute approximate surface area is 384 Å². The van der Waals surface area contributed by atoms with E-state index in [1.54, 1.807) is 60.7 Å². The number of nitrogens with one attached hydrogen (secondary N) is 4. The molecule has 0 amide bonds. The van der Waals surface area contributed by atoms with Gasteiger partial charge < -0.3 is 44.2 Å². The zero-order valence-electron chi connectivity index (χ0n) is 36.4. The fourth-order valence-electron chi connectivity index (χ4n) is 7.57. The number of halogens is 12. The number of hydrogen-bond donors (Lipinski definition) is 8. The highest BCUT2D eigenvalue weighted by Gasteiger charge is 2.74. The van der Waals surface area contributed by atoms with Gasteiger partial charge in [0.25, 0.3) is 0 Å². The number of alkyl halides is 12. The van der Waals surface area contributed by atoms with E-state index in [9.17, 15) is 52.7 Å².